The fraction of sp³-hybridized carbons (Fsp3) is 0.0698. The van der Waals surface area contributed by atoms with Crippen LogP contribution in [0.1, 0.15) is 74.9 Å². The molecule has 6 heteroatoms. The second-order valence-corrected chi connectivity index (χ2v) is 37.4. The zero-order chi connectivity index (χ0) is 90.6. The molecule has 0 N–H and O–H groups in total. The highest BCUT2D eigenvalue weighted by molar-refractivity contribution is 6.26. The lowest BCUT2D eigenvalue weighted by Crippen LogP contribution is -2.16. The molecule has 26 rings (SSSR count). The molecule has 6 nitrogen and oxygen atoms in total. The number of aromatic nitrogens is 6. The van der Waals surface area contributed by atoms with Crippen molar-refractivity contribution in [1.82, 2.24) is 29.9 Å². The molecule has 0 radical (unpaired) electrons. The molecular weight excluding hydrogens is 1630 g/mol. The highest BCUT2D eigenvalue weighted by Crippen LogP contribution is 2.56. The highest BCUT2D eigenvalue weighted by Gasteiger charge is 2.42. The van der Waals surface area contributed by atoms with Crippen LogP contribution >= 0.6 is 0 Å². The predicted molar refractivity (Wildman–Crippen MR) is 564 cm³/mol. The van der Waals surface area contributed by atoms with Crippen molar-refractivity contribution < 1.29 is 0 Å². The summed E-state index contributed by atoms with van der Waals surface area (Å²) >= 11 is 0. The molecule has 0 unspecified atom stereocenters. The Balaban J connectivity index is 0.000000115. The Labute approximate surface area is 786 Å². The Kier molecular flexibility index (Phi) is 19.9. The van der Waals surface area contributed by atoms with Crippen LogP contribution in [-0.4, -0.2) is 29.9 Å². The van der Waals surface area contributed by atoms with Crippen molar-refractivity contribution in [1.29, 1.82) is 0 Å². The molecule has 0 bridgehead atoms. The second-order valence-electron chi connectivity index (χ2n) is 37.4. The molecule has 3 aromatic heterocycles. The van der Waals surface area contributed by atoms with E-state index in [0.29, 0.717) is 0 Å². The van der Waals surface area contributed by atoms with Gasteiger partial charge in [-0.3, -0.25) is 0 Å². The third-order valence-electron chi connectivity index (χ3n) is 28.4. The number of nitrogens with zero attached hydrogens (tertiary/aromatic N) is 6. The molecule has 3 aliphatic carbocycles. The zero-order valence-corrected chi connectivity index (χ0v) is 75.9. The smallest absolute Gasteiger partial charge is 0.160 e. The third-order valence-corrected chi connectivity index (χ3v) is 28.4. The summed E-state index contributed by atoms with van der Waals surface area (Å²) < 4.78 is 0. The van der Waals surface area contributed by atoms with Crippen LogP contribution in [0.3, 0.4) is 0 Å². The van der Waals surface area contributed by atoms with Crippen LogP contribution in [0.4, 0.5) is 0 Å². The number of benzene rings is 20. The van der Waals surface area contributed by atoms with Crippen LogP contribution in [0, 0.1) is 0 Å². The second kappa shape index (κ2) is 32.9. The van der Waals surface area contributed by atoms with Gasteiger partial charge in [-0.05, 0) is 203 Å². The Morgan fingerprint density at radius 2 is 0.430 bits per heavy atom. The largest absolute Gasteiger partial charge is 0.228 e. The van der Waals surface area contributed by atoms with E-state index in [-0.39, 0.29) is 16.2 Å². The maximum Gasteiger partial charge on any atom is 0.160 e. The van der Waals surface area contributed by atoms with Crippen molar-refractivity contribution in [2.24, 2.45) is 0 Å². The molecule has 0 fully saturated rings. The fourth-order valence-corrected chi connectivity index (χ4v) is 21.8. The molecule has 638 valence electrons. The number of hydrogen-bond acceptors (Lipinski definition) is 6. The third kappa shape index (κ3) is 14.1. The fourth-order valence-electron chi connectivity index (χ4n) is 21.8. The van der Waals surface area contributed by atoms with Crippen molar-refractivity contribution >= 4 is 65.0 Å². The molecular formula is C129H92N6. The van der Waals surface area contributed by atoms with E-state index in [1.54, 1.807) is 0 Å². The van der Waals surface area contributed by atoms with Gasteiger partial charge in [0.05, 0.1) is 33.6 Å². The average molecular weight is 1730 g/mol. The number of rotatable bonds is 11. The van der Waals surface area contributed by atoms with E-state index in [1.165, 1.54) is 138 Å². The van der Waals surface area contributed by atoms with Crippen LogP contribution in [0.15, 0.2) is 449 Å². The molecule has 3 aliphatic rings. The quantitative estimate of drug-likeness (QED) is 0.120. The molecule has 3 heterocycles. The summed E-state index contributed by atoms with van der Waals surface area (Å²) in [6.07, 6.45) is 0. The van der Waals surface area contributed by atoms with Gasteiger partial charge in [-0.15, -0.1) is 0 Å². The van der Waals surface area contributed by atoms with Gasteiger partial charge in [-0.1, -0.05) is 442 Å². The Morgan fingerprint density at radius 3 is 0.896 bits per heavy atom. The number of hydrogen-bond donors (Lipinski definition) is 0. The van der Waals surface area contributed by atoms with E-state index in [0.717, 1.165) is 117 Å². The van der Waals surface area contributed by atoms with Crippen LogP contribution in [0.25, 0.3) is 222 Å². The van der Waals surface area contributed by atoms with Crippen molar-refractivity contribution in [3.05, 3.63) is 482 Å². The van der Waals surface area contributed by atoms with E-state index < -0.39 is 0 Å². The first-order valence-electron chi connectivity index (χ1n) is 46.7. The van der Waals surface area contributed by atoms with Gasteiger partial charge in [0, 0.05) is 65.8 Å². The maximum atomic E-state index is 5.45. The van der Waals surface area contributed by atoms with Crippen LogP contribution < -0.4 is 0 Å². The molecule has 0 amide bonds. The lowest BCUT2D eigenvalue weighted by atomic mass is 9.80. The first-order chi connectivity index (χ1) is 66.2. The Hall–Kier alpha value is -16.8. The van der Waals surface area contributed by atoms with Gasteiger partial charge in [0.15, 0.2) is 17.5 Å². The SMILES string of the molecule is CC1(C)c2ccccc2-c2ccc3c(-c4cccc(-c5cccc(-c6ccc(-c7ccccc7)cc6)c5)c4)nc(-c4ccccc4)nc3c21.CC1(C)c2ccccc2-c2ccc3c(-c4ccccc4)nc(-c4cccc(-c5cccc(-c6ccc7c8ccccc8c8ccccc8c7c6)c5)c4)nc3c21.CC1(C)c2ccccc2-c2ccc3nc(-c4ccccc4)nc(-c4ccccc4)c3c21. The Morgan fingerprint density at radius 1 is 0.156 bits per heavy atom. The van der Waals surface area contributed by atoms with E-state index in [9.17, 15) is 0 Å². The van der Waals surface area contributed by atoms with Gasteiger partial charge in [-0.25, -0.2) is 29.9 Å². The van der Waals surface area contributed by atoms with Crippen LogP contribution in [-0.2, 0) is 16.2 Å². The summed E-state index contributed by atoms with van der Waals surface area (Å²) in [6.45, 7) is 13.9. The van der Waals surface area contributed by atoms with Crippen molar-refractivity contribution in [2.75, 3.05) is 0 Å². The monoisotopic (exact) mass is 1720 g/mol. The molecule has 0 saturated carbocycles. The summed E-state index contributed by atoms with van der Waals surface area (Å²) in [4.78, 5) is 31.5. The van der Waals surface area contributed by atoms with Crippen molar-refractivity contribution in [3.63, 3.8) is 0 Å². The van der Waals surface area contributed by atoms with Gasteiger partial charge < -0.3 is 0 Å². The predicted octanol–water partition coefficient (Wildman–Crippen LogP) is 33.6. The molecule has 0 atom stereocenters. The lowest BCUT2D eigenvalue weighted by molar-refractivity contribution is 0.664. The van der Waals surface area contributed by atoms with E-state index in [1.807, 2.05) is 24.3 Å². The normalized spacial score (nSPS) is 13.1. The average Bonchev–Trinajstić information content (AvgIpc) is 1.57. The highest BCUT2D eigenvalue weighted by atomic mass is 14.9. The topological polar surface area (TPSA) is 77.3 Å². The Bertz CT molecular complexity index is 8630. The van der Waals surface area contributed by atoms with Gasteiger partial charge in [0.2, 0.25) is 0 Å². The minimum absolute atomic E-state index is 0.118. The van der Waals surface area contributed by atoms with E-state index in [2.05, 4.69) is 466 Å². The molecule has 0 saturated heterocycles. The van der Waals surface area contributed by atoms with E-state index >= 15 is 0 Å². The standard InChI is InChI=1S/C53H36N2.C47H34N2.C29H22N2/c1-53(2)48-25-11-10-24-44(48)45-28-29-46-50(33-14-4-3-5-15-33)54-52(55-51(46)49(45)53)38-19-13-18-36(31-38)34-16-12-17-35(30-34)37-26-27-43-41-22-7-6-20-39(41)40-21-8-9-23-42(40)47(43)32-37;1-47(2)42-22-10-9-21-39(42)40-27-28-41-44(48-46(49-45(41)43(40)47)34-15-7-4-8-16-34)38-20-12-19-37(30-38)36-18-11-17-35(29-36)33-25-23-32(24-26-33)31-13-5-3-6-14-31;1-29(2)23-16-10-9-15-21(23)22-17-18-24-25(26(22)29)27(19-11-5-3-6-12-19)31-28(30-24)20-13-7-4-8-14-20/h3-32H,1-2H3;3-30H,1-2H3;3-18H,1-2H3. The van der Waals surface area contributed by atoms with Crippen LogP contribution in [0.5, 0.6) is 0 Å². The first-order valence-corrected chi connectivity index (χ1v) is 46.7. The maximum absolute atomic E-state index is 5.45. The molecule has 0 spiro atoms. The molecule has 0 aliphatic heterocycles. The minimum atomic E-state index is -0.199. The summed E-state index contributed by atoms with van der Waals surface area (Å²) in [5.41, 5.74) is 39.2. The summed E-state index contributed by atoms with van der Waals surface area (Å²) in [5, 5.41) is 11.0. The molecule has 23 aromatic rings. The number of fused-ring (bicyclic) bond motifs is 21. The molecule has 135 heavy (non-hydrogen) atoms. The molecule has 20 aromatic carbocycles. The van der Waals surface area contributed by atoms with Gasteiger partial charge in [0.25, 0.3) is 0 Å². The van der Waals surface area contributed by atoms with Gasteiger partial charge in [0.1, 0.15) is 0 Å². The summed E-state index contributed by atoms with van der Waals surface area (Å²) in [6, 6.07) is 160. The van der Waals surface area contributed by atoms with Crippen molar-refractivity contribution in [2.45, 2.75) is 57.8 Å². The zero-order valence-electron chi connectivity index (χ0n) is 75.9. The van der Waals surface area contributed by atoms with Gasteiger partial charge in [-0.2, -0.15) is 0 Å². The summed E-state index contributed by atoms with van der Waals surface area (Å²) in [7, 11) is 0. The summed E-state index contributed by atoms with van der Waals surface area (Å²) in [5.74, 6) is 2.24. The minimum Gasteiger partial charge on any atom is -0.228 e. The van der Waals surface area contributed by atoms with Crippen LogP contribution in [0.2, 0.25) is 0 Å². The van der Waals surface area contributed by atoms with Gasteiger partial charge >= 0.3 is 0 Å². The van der Waals surface area contributed by atoms with Crippen molar-refractivity contribution in [3.8, 4) is 157 Å². The lowest BCUT2D eigenvalue weighted by Gasteiger charge is -2.24. The van der Waals surface area contributed by atoms with E-state index in [4.69, 9.17) is 29.9 Å². The first kappa shape index (κ1) is 81.4.